The Hall–Kier alpha value is 0.170. The van der Waals surface area contributed by atoms with Gasteiger partial charge in [0.25, 0.3) is 0 Å². The van der Waals surface area contributed by atoms with E-state index in [1.165, 1.54) is 22.3 Å². The van der Waals surface area contributed by atoms with Crippen molar-refractivity contribution in [2.45, 2.75) is 18.7 Å². The lowest BCUT2D eigenvalue weighted by atomic mass is 9.98. The van der Waals surface area contributed by atoms with Gasteiger partial charge in [-0.05, 0) is 54.3 Å². The monoisotopic (exact) mass is 464 g/mol. The Morgan fingerprint density at radius 1 is 0.895 bits per heavy atom. The molecule has 0 heterocycles. The van der Waals surface area contributed by atoms with Crippen LogP contribution in [0.4, 0.5) is 0 Å². The summed E-state index contributed by atoms with van der Waals surface area (Å²) in [6.07, 6.45) is 0. The minimum atomic E-state index is 0.144. The molecule has 0 saturated carbocycles. The summed E-state index contributed by atoms with van der Waals surface area (Å²) in [6, 6.07) is 10.2. The quantitative estimate of drug-likeness (QED) is 0.419. The van der Waals surface area contributed by atoms with E-state index in [2.05, 4.69) is 73.8 Å². The third kappa shape index (κ3) is 3.44. The summed E-state index contributed by atoms with van der Waals surface area (Å²) < 4.78 is 2.16. The van der Waals surface area contributed by atoms with E-state index in [0.717, 1.165) is 14.0 Å². The van der Waals surface area contributed by atoms with Crippen LogP contribution in [-0.2, 0) is 0 Å². The maximum absolute atomic E-state index is 5.99. The van der Waals surface area contributed by atoms with Gasteiger partial charge >= 0.3 is 0 Å². The van der Waals surface area contributed by atoms with Crippen molar-refractivity contribution in [2.24, 2.45) is 0 Å². The molecule has 100 valence electrons. The molecule has 1 unspecified atom stereocenters. The molecular formula is C15H12Br3Cl. The van der Waals surface area contributed by atoms with Gasteiger partial charge in [0, 0.05) is 14.0 Å². The van der Waals surface area contributed by atoms with Crippen molar-refractivity contribution < 1.29 is 0 Å². The third-order valence-corrected chi connectivity index (χ3v) is 5.82. The largest absolute Gasteiger partial charge is 0.0843 e. The highest BCUT2D eigenvalue weighted by atomic mass is 79.9. The topological polar surface area (TPSA) is 0 Å². The molecule has 0 aliphatic rings. The zero-order chi connectivity index (χ0) is 14.2. The van der Waals surface area contributed by atoms with Crippen LogP contribution >= 0.6 is 59.4 Å². The average molecular weight is 467 g/mol. The zero-order valence-corrected chi connectivity index (χ0v) is 16.0. The van der Waals surface area contributed by atoms with Gasteiger partial charge in [0.1, 0.15) is 0 Å². The first-order valence-corrected chi connectivity index (χ1v) is 8.63. The fraction of sp³-hybridized carbons (Fsp3) is 0.200. The molecule has 0 nitrogen and oxygen atoms in total. The molecule has 0 N–H and O–H groups in total. The van der Waals surface area contributed by atoms with E-state index in [-0.39, 0.29) is 4.83 Å². The molecule has 1 atom stereocenters. The summed E-state index contributed by atoms with van der Waals surface area (Å²) >= 11 is 16.9. The van der Waals surface area contributed by atoms with Crippen molar-refractivity contribution in [1.82, 2.24) is 0 Å². The molecular weight excluding hydrogens is 455 g/mol. The van der Waals surface area contributed by atoms with Crippen molar-refractivity contribution in [3.8, 4) is 0 Å². The van der Waals surface area contributed by atoms with E-state index in [4.69, 9.17) is 11.6 Å². The SMILES string of the molecule is Cc1cc(C(Br)c2ccc(Cl)cc2Br)c(C)cc1Br. The fourth-order valence-corrected chi connectivity index (χ4v) is 4.52. The van der Waals surface area contributed by atoms with Gasteiger partial charge in [-0.1, -0.05) is 71.5 Å². The molecule has 0 aliphatic heterocycles. The Balaban J connectivity index is 2.49. The summed E-state index contributed by atoms with van der Waals surface area (Å²) in [5.74, 6) is 0. The molecule has 2 rings (SSSR count). The molecule has 2 aromatic rings. The molecule has 0 bridgehead atoms. The Kier molecular flexibility index (Phi) is 5.15. The first-order chi connectivity index (χ1) is 8.90. The molecule has 0 aromatic heterocycles. The molecule has 0 fully saturated rings. The zero-order valence-electron chi connectivity index (χ0n) is 10.5. The number of hydrogen-bond donors (Lipinski definition) is 0. The van der Waals surface area contributed by atoms with Crippen LogP contribution in [0.15, 0.2) is 39.3 Å². The molecule has 2 aromatic carbocycles. The van der Waals surface area contributed by atoms with Gasteiger partial charge in [-0.25, -0.2) is 0 Å². The number of hydrogen-bond acceptors (Lipinski definition) is 0. The van der Waals surface area contributed by atoms with Crippen LogP contribution in [0.1, 0.15) is 27.1 Å². The van der Waals surface area contributed by atoms with Crippen LogP contribution in [0.25, 0.3) is 0 Å². The van der Waals surface area contributed by atoms with Gasteiger partial charge in [0.05, 0.1) is 4.83 Å². The Morgan fingerprint density at radius 3 is 2.21 bits per heavy atom. The van der Waals surface area contributed by atoms with E-state index < -0.39 is 0 Å². The molecule has 19 heavy (non-hydrogen) atoms. The van der Waals surface area contributed by atoms with Crippen molar-refractivity contribution in [3.63, 3.8) is 0 Å². The maximum atomic E-state index is 5.99. The smallest absolute Gasteiger partial charge is 0.0658 e. The van der Waals surface area contributed by atoms with Crippen LogP contribution in [-0.4, -0.2) is 0 Å². The van der Waals surface area contributed by atoms with Gasteiger partial charge in [-0.15, -0.1) is 0 Å². The summed E-state index contributed by atoms with van der Waals surface area (Å²) in [7, 11) is 0. The van der Waals surface area contributed by atoms with E-state index in [1.54, 1.807) is 0 Å². The molecule has 4 heteroatoms. The summed E-state index contributed by atoms with van der Waals surface area (Å²) in [5, 5.41) is 0.735. The summed E-state index contributed by atoms with van der Waals surface area (Å²) in [6.45, 7) is 4.22. The normalized spacial score (nSPS) is 12.5. The third-order valence-electron chi connectivity index (χ3n) is 3.06. The highest BCUT2D eigenvalue weighted by molar-refractivity contribution is 9.11. The number of aryl methyl sites for hydroxylation is 2. The van der Waals surface area contributed by atoms with E-state index in [0.29, 0.717) is 0 Å². The van der Waals surface area contributed by atoms with Crippen LogP contribution in [0.3, 0.4) is 0 Å². The predicted octanol–water partition coefficient (Wildman–Crippen LogP) is 6.97. The van der Waals surface area contributed by atoms with Gasteiger partial charge in [-0.2, -0.15) is 0 Å². The van der Waals surface area contributed by atoms with E-state index in [1.807, 2.05) is 18.2 Å². The van der Waals surface area contributed by atoms with Crippen molar-refractivity contribution >= 4 is 59.4 Å². The molecule has 0 aliphatic carbocycles. The molecule has 0 spiro atoms. The number of alkyl halides is 1. The maximum Gasteiger partial charge on any atom is 0.0658 e. The van der Waals surface area contributed by atoms with Crippen LogP contribution in [0.5, 0.6) is 0 Å². The summed E-state index contributed by atoms with van der Waals surface area (Å²) in [5.41, 5.74) is 4.93. The Labute approximate surface area is 143 Å². The Bertz CT molecular complexity index is 623. The Morgan fingerprint density at radius 2 is 1.58 bits per heavy atom. The lowest BCUT2D eigenvalue weighted by Gasteiger charge is -2.17. The van der Waals surface area contributed by atoms with Gasteiger partial charge in [0.2, 0.25) is 0 Å². The van der Waals surface area contributed by atoms with Crippen LogP contribution in [0.2, 0.25) is 5.02 Å². The molecule has 0 amide bonds. The number of benzene rings is 2. The lowest BCUT2D eigenvalue weighted by Crippen LogP contribution is -1.98. The molecule has 0 saturated heterocycles. The summed E-state index contributed by atoms with van der Waals surface area (Å²) in [4.78, 5) is 0.144. The first kappa shape index (κ1) is 15.6. The van der Waals surface area contributed by atoms with Gasteiger partial charge in [0.15, 0.2) is 0 Å². The minimum absolute atomic E-state index is 0.144. The van der Waals surface area contributed by atoms with E-state index in [9.17, 15) is 0 Å². The van der Waals surface area contributed by atoms with E-state index >= 15 is 0 Å². The second kappa shape index (κ2) is 6.30. The van der Waals surface area contributed by atoms with Gasteiger partial charge in [-0.3, -0.25) is 0 Å². The number of rotatable bonds is 2. The highest BCUT2D eigenvalue weighted by Crippen LogP contribution is 2.39. The van der Waals surface area contributed by atoms with Crippen molar-refractivity contribution in [2.75, 3.05) is 0 Å². The lowest BCUT2D eigenvalue weighted by molar-refractivity contribution is 1.12. The average Bonchev–Trinajstić information content (AvgIpc) is 2.33. The van der Waals surface area contributed by atoms with Gasteiger partial charge < -0.3 is 0 Å². The fourth-order valence-electron chi connectivity index (χ4n) is 1.95. The highest BCUT2D eigenvalue weighted by Gasteiger charge is 2.16. The predicted molar refractivity (Wildman–Crippen MR) is 93.5 cm³/mol. The standard InChI is InChI=1S/C15H12Br3Cl/c1-8-6-13(16)9(2)5-12(8)15(18)11-4-3-10(19)7-14(11)17/h3-7,15H,1-2H3. The second-order valence-corrected chi connectivity index (χ2v) is 7.55. The minimum Gasteiger partial charge on any atom is -0.0843 e. The van der Waals surface area contributed by atoms with Crippen LogP contribution < -0.4 is 0 Å². The van der Waals surface area contributed by atoms with Crippen molar-refractivity contribution in [3.05, 3.63) is 66.6 Å². The number of halogens is 4. The van der Waals surface area contributed by atoms with Crippen molar-refractivity contribution in [1.29, 1.82) is 0 Å². The molecule has 0 radical (unpaired) electrons. The second-order valence-electron chi connectivity index (χ2n) is 4.49. The first-order valence-electron chi connectivity index (χ1n) is 5.76. The van der Waals surface area contributed by atoms with Crippen LogP contribution in [0, 0.1) is 13.8 Å².